The number of nitrogens with zero attached hydrogens (tertiary/aromatic N) is 3. The first-order chi connectivity index (χ1) is 9.54. The van der Waals surface area contributed by atoms with Gasteiger partial charge in [-0.1, -0.05) is 6.92 Å². The number of hydrogen-bond donors (Lipinski definition) is 1. The molecule has 0 spiro atoms. The van der Waals surface area contributed by atoms with Gasteiger partial charge in [-0.2, -0.15) is 5.10 Å². The van der Waals surface area contributed by atoms with Crippen molar-refractivity contribution in [3.8, 4) is 0 Å². The second kappa shape index (κ2) is 6.72. The summed E-state index contributed by atoms with van der Waals surface area (Å²) in [6, 6.07) is 0.185. The Morgan fingerprint density at radius 2 is 2.35 bits per heavy atom. The van der Waals surface area contributed by atoms with Crippen LogP contribution in [0.1, 0.15) is 33.1 Å². The standard InChI is InChI=1S/C14H23BrN4O/c1-3-6-19-14(20)13(15)12(8-17-19)18-7-4-5-11(9-18)10(2)16/h8,10-11H,3-7,9,16H2,1-2H3. The first-order valence-corrected chi connectivity index (χ1v) is 8.10. The topological polar surface area (TPSA) is 64.2 Å². The first-order valence-electron chi connectivity index (χ1n) is 7.30. The van der Waals surface area contributed by atoms with E-state index in [0.29, 0.717) is 16.9 Å². The number of rotatable bonds is 4. The van der Waals surface area contributed by atoms with Gasteiger partial charge in [-0.15, -0.1) is 0 Å². The number of piperidine rings is 1. The average Bonchev–Trinajstić information content (AvgIpc) is 2.44. The lowest BCUT2D eigenvalue weighted by molar-refractivity contribution is 0.363. The molecular weight excluding hydrogens is 320 g/mol. The van der Waals surface area contributed by atoms with E-state index in [-0.39, 0.29) is 11.6 Å². The summed E-state index contributed by atoms with van der Waals surface area (Å²) in [5, 5.41) is 4.28. The molecule has 1 aromatic rings. The molecule has 2 atom stereocenters. The molecule has 0 bridgehead atoms. The van der Waals surface area contributed by atoms with Crippen molar-refractivity contribution in [1.82, 2.24) is 9.78 Å². The lowest BCUT2D eigenvalue weighted by Gasteiger charge is -2.36. The second-order valence-electron chi connectivity index (χ2n) is 5.58. The maximum atomic E-state index is 12.2. The molecule has 1 aliphatic rings. The number of halogens is 1. The van der Waals surface area contributed by atoms with Gasteiger partial charge in [0.1, 0.15) is 4.47 Å². The minimum absolute atomic E-state index is 0.0488. The zero-order chi connectivity index (χ0) is 14.7. The van der Waals surface area contributed by atoms with Gasteiger partial charge in [-0.05, 0) is 48.0 Å². The van der Waals surface area contributed by atoms with Crippen molar-refractivity contribution in [3.05, 3.63) is 21.0 Å². The summed E-state index contributed by atoms with van der Waals surface area (Å²) in [5.74, 6) is 0.480. The Labute approximate surface area is 128 Å². The third-order valence-corrected chi connectivity index (χ3v) is 4.69. The Morgan fingerprint density at radius 1 is 1.60 bits per heavy atom. The minimum Gasteiger partial charge on any atom is -0.369 e. The zero-order valence-electron chi connectivity index (χ0n) is 12.2. The van der Waals surface area contributed by atoms with Crippen LogP contribution in [0.25, 0.3) is 0 Å². The molecule has 5 nitrogen and oxygen atoms in total. The van der Waals surface area contributed by atoms with Gasteiger partial charge in [0.25, 0.3) is 5.56 Å². The van der Waals surface area contributed by atoms with Crippen LogP contribution in [0.4, 0.5) is 5.69 Å². The molecule has 2 heterocycles. The molecule has 2 N–H and O–H groups in total. The lowest BCUT2D eigenvalue weighted by Crippen LogP contribution is -2.43. The fourth-order valence-electron chi connectivity index (χ4n) is 2.71. The smallest absolute Gasteiger partial charge is 0.283 e. The summed E-state index contributed by atoms with van der Waals surface area (Å²) < 4.78 is 2.13. The van der Waals surface area contributed by atoms with E-state index in [2.05, 4.69) is 32.9 Å². The minimum atomic E-state index is -0.0488. The van der Waals surface area contributed by atoms with E-state index < -0.39 is 0 Å². The summed E-state index contributed by atoms with van der Waals surface area (Å²) in [7, 11) is 0. The molecule has 0 aromatic carbocycles. The van der Waals surface area contributed by atoms with Crippen LogP contribution >= 0.6 is 15.9 Å². The number of anilines is 1. The molecule has 0 radical (unpaired) electrons. The summed E-state index contributed by atoms with van der Waals surface area (Å²) in [6.45, 7) is 6.60. The van der Waals surface area contributed by atoms with Crippen molar-refractivity contribution in [2.45, 2.75) is 45.7 Å². The van der Waals surface area contributed by atoms with E-state index in [9.17, 15) is 4.79 Å². The Balaban J connectivity index is 2.24. The molecule has 112 valence electrons. The highest BCUT2D eigenvalue weighted by atomic mass is 79.9. The van der Waals surface area contributed by atoms with Gasteiger partial charge in [0.2, 0.25) is 0 Å². The normalized spacial score (nSPS) is 21.0. The maximum absolute atomic E-state index is 12.2. The van der Waals surface area contributed by atoms with Crippen LogP contribution in [0.3, 0.4) is 0 Å². The molecule has 1 saturated heterocycles. The Morgan fingerprint density at radius 3 is 3.00 bits per heavy atom. The monoisotopic (exact) mass is 342 g/mol. The molecule has 0 amide bonds. The third-order valence-electron chi connectivity index (χ3n) is 3.94. The summed E-state index contributed by atoms with van der Waals surface area (Å²) in [6.07, 6.45) is 4.96. The Bertz CT molecular complexity index is 514. The molecule has 1 aliphatic heterocycles. The van der Waals surface area contributed by atoms with E-state index in [4.69, 9.17) is 5.73 Å². The van der Waals surface area contributed by atoms with Gasteiger partial charge in [0.05, 0.1) is 11.9 Å². The maximum Gasteiger partial charge on any atom is 0.283 e. The predicted molar refractivity (Wildman–Crippen MR) is 85.1 cm³/mol. The SMILES string of the molecule is CCCn1ncc(N2CCCC(C(C)N)C2)c(Br)c1=O. The largest absolute Gasteiger partial charge is 0.369 e. The summed E-state index contributed by atoms with van der Waals surface area (Å²) >= 11 is 3.45. The fourth-order valence-corrected chi connectivity index (χ4v) is 3.26. The van der Waals surface area contributed by atoms with Crippen molar-refractivity contribution in [1.29, 1.82) is 0 Å². The predicted octanol–water partition coefficient (Wildman–Crippen LogP) is 1.98. The van der Waals surface area contributed by atoms with Crippen LogP contribution < -0.4 is 16.2 Å². The first kappa shape index (κ1) is 15.5. The van der Waals surface area contributed by atoms with Crippen LogP contribution in [-0.2, 0) is 6.54 Å². The van der Waals surface area contributed by atoms with Gasteiger partial charge in [0, 0.05) is 25.7 Å². The zero-order valence-corrected chi connectivity index (χ0v) is 13.8. The molecular formula is C14H23BrN4O. The summed E-state index contributed by atoms with van der Waals surface area (Å²) in [5.41, 5.74) is 6.87. The van der Waals surface area contributed by atoms with Crippen molar-refractivity contribution in [2.24, 2.45) is 11.7 Å². The van der Waals surface area contributed by atoms with Crippen molar-refractivity contribution >= 4 is 21.6 Å². The quantitative estimate of drug-likeness (QED) is 0.908. The van der Waals surface area contributed by atoms with E-state index in [1.54, 1.807) is 6.20 Å². The molecule has 20 heavy (non-hydrogen) atoms. The highest BCUT2D eigenvalue weighted by Crippen LogP contribution is 2.27. The van der Waals surface area contributed by atoms with Crippen LogP contribution in [0, 0.1) is 5.92 Å². The fraction of sp³-hybridized carbons (Fsp3) is 0.714. The van der Waals surface area contributed by atoms with Crippen LogP contribution in [0.5, 0.6) is 0 Å². The molecule has 1 fully saturated rings. The second-order valence-corrected chi connectivity index (χ2v) is 6.37. The lowest BCUT2D eigenvalue weighted by atomic mass is 9.92. The van der Waals surface area contributed by atoms with E-state index in [0.717, 1.165) is 38.0 Å². The third kappa shape index (κ3) is 3.23. The van der Waals surface area contributed by atoms with Crippen molar-refractivity contribution in [2.75, 3.05) is 18.0 Å². The molecule has 6 heteroatoms. The van der Waals surface area contributed by atoms with Gasteiger partial charge < -0.3 is 10.6 Å². The van der Waals surface area contributed by atoms with Gasteiger partial charge in [0.15, 0.2) is 0 Å². The van der Waals surface area contributed by atoms with Gasteiger partial charge in [-0.3, -0.25) is 4.79 Å². The molecule has 0 aliphatic carbocycles. The Kier molecular flexibility index (Phi) is 5.21. The van der Waals surface area contributed by atoms with Crippen LogP contribution in [0.15, 0.2) is 15.5 Å². The molecule has 2 rings (SSSR count). The highest BCUT2D eigenvalue weighted by Gasteiger charge is 2.25. The average molecular weight is 343 g/mol. The van der Waals surface area contributed by atoms with E-state index >= 15 is 0 Å². The van der Waals surface area contributed by atoms with E-state index in [1.165, 1.54) is 4.68 Å². The highest BCUT2D eigenvalue weighted by molar-refractivity contribution is 9.10. The van der Waals surface area contributed by atoms with Crippen molar-refractivity contribution in [3.63, 3.8) is 0 Å². The van der Waals surface area contributed by atoms with Gasteiger partial charge >= 0.3 is 0 Å². The van der Waals surface area contributed by atoms with E-state index in [1.807, 2.05) is 6.92 Å². The van der Waals surface area contributed by atoms with Crippen LogP contribution in [-0.4, -0.2) is 28.9 Å². The molecule has 2 unspecified atom stereocenters. The number of nitrogens with two attached hydrogens (primary N) is 1. The summed E-state index contributed by atoms with van der Waals surface area (Å²) in [4.78, 5) is 14.5. The number of aromatic nitrogens is 2. The number of aryl methyl sites for hydroxylation is 1. The van der Waals surface area contributed by atoms with Crippen molar-refractivity contribution < 1.29 is 0 Å². The van der Waals surface area contributed by atoms with Crippen LogP contribution in [0.2, 0.25) is 0 Å². The molecule has 1 aromatic heterocycles. The van der Waals surface area contributed by atoms with Gasteiger partial charge in [-0.25, -0.2) is 4.68 Å². The Hall–Kier alpha value is -0.880. The number of hydrogen-bond acceptors (Lipinski definition) is 4. The molecule has 0 saturated carbocycles.